The smallest absolute Gasteiger partial charge is 0.224 e. The Morgan fingerprint density at radius 3 is 2.54 bits per heavy atom. The number of nitrogens with one attached hydrogen (secondary N) is 1. The minimum Gasteiger partial charge on any atom is -0.378 e. The number of amides is 2. The van der Waals surface area contributed by atoms with Crippen LogP contribution < -0.4 is 16.0 Å². The molecule has 0 saturated heterocycles. The van der Waals surface area contributed by atoms with E-state index in [-0.39, 0.29) is 36.1 Å². The van der Waals surface area contributed by atoms with Crippen molar-refractivity contribution >= 4 is 23.2 Å². The van der Waals surface area contributed by atoms with Gasteiger partial charge in [0.05, 0.1) is 12.5 Å². The molecule has 0 fully saturated rings. The molecule has 0 aliphatic carbocycles. The third-order valence-corrected chi connectivity index (χ3v) is 4.65. The average Bonchev–Trinajstić information content (AvgIpc) is 2.56. The molecule has 2 unspecified atom stereocenters. The van der Waals surface area contributed by atoms with Crippen LogP contribution in [0.3, 0.4) is 0 Å². The van der Waals surface area contributed by atoms with E-state index < -0.39 is 0 Å². The predicted octanol–water partition coefficient (Wildman–Crippen LogP) is 3.15. The average molecular weight is 355 g/mol. The quantitative estimate of drug-likeness (QED) is 0.885. The minimum absolute atomic E-state index is 0.00269. The number of anilines is 2. The summed E-state index contributed by atoms with van der Waals surface area (Å²) in [5.74, 6) is -0.759. The monoisotopic (exact) mass is 355 g/mol. The fraction of sp³-hybridized carbons (Fsp3) is 0.300. The number of carbonyl (C=O) groups excluding carboxylic acids is 2. The number of nitrogens with two attached hydrogens (primary N) is 1. The second-order valence-corrected chi connectivity index (χ2v) is 6.71. The van der Waals surface area contributed by atoms with Crippen LogP contribution >= 0.6 is 0 Å². The molecule has 5 nitrogen and oxygen atoms in total. The summed E-state index contributed by atoms with van der Waals surface area (Å²) in [6.07, 6.45) is 0.863. The summed E-state index contributed by atoms with van der Waals surface area (Å²) >= 11 is 0. The highest BCUT2D eigenvalue weighted by Crippen LogP contribution is 2.39. The van der Waals surface area contributed by atoms with E-state index in [9.17, 15) is 14.0 Å². The van der Waals surface area contributed by atoms with Crippen LogP contribution in [0.4, 0.5) is 15.8 Å². The summed E-state index contributed by atoms with van der Waals surface area (Å²) in [4.78, 5) is 24.7. The summed E-state index contributed by atoms with van der Waals surface area (Å²) in [7, 11) is 0. The van der Waals surface area contributed by atoms with E-state index in [1.54, 1.807) is 11.0 Å². The number of nitrogens with zero attached hydrogens (tertiary/aromatic N) is 1. The molecule has 2 amide bonds. The van der Waals surface area contributed by atoms with Gasteiger partial charge in [-0.25, -0.2) is 4.39 Å². The molecule has 0 spiro atoms. The van der Waals surface area contributed by atoms with E-state index in [4.69, 9.17) is 5.73 Å². The summed E-state index contributed by atoms with van der Waals surface area (Å²) in [6.45, 7) is 3.51. The molecule has 0 saturated carbocycles. The van der Waals surface area contributed by atoms with Crippen LogP contribution in [0.5, 0.6) is 0 Å². The third kappa shape index (κ3) is 3.69. The lowest BCUT2D eigenvalue weighted by molar-refractivity contribution is -0.118. The van der Waals surface area contributed by atoms with Crippen LogP contribution in [0.2, 0.25) is 0 Å². The van der Waals surface area contributed by atoms with Gasteiger partial charge in [-0.15, -0.1) is 0 Å². The van der Waals surface area contributed by atoms with Crippen molar-refractivity contribution in [2.24, 2.45) is 5.73 Å². The molecule has 1 heterocycles. The van der Waals surface area contributed by atoms with Crippen molar-refractivity contribution in [1.29, 1.82) is 0 Å². The van der Waals surface area contributed by atoms with Crippen molar-refractivity contribution < 1.29 is 14.0 Å². The lowest BCUT2D eigenvalue weighted by Crippen LogP contribution is -2.43. The number of carbonyl (C=O) groups is 2. The molecule has 26 heavy (non-hydrogen) atoms. The molecule has 2 aromatic carbocycles. The van der Waals surface area contributed by atoms with E-state index >= 15 is 0 Å². The summed E-state index contributed by atoms with van der Waals surface area (Å²) in [6, 6.07) is 11.8. The van der Waals surface area contributed by atoms with Crippen molar-refractivity contribution in [2.75, 3.05) is 10.2 Å². The van der Waals surface area contributed by atoms with Gasteiger partial charge in [0.1, 0.15) is 5.82 Å². The fourth-order valence-electron chi connectivity index (χ4n) is 3.57. The largest absolute Gasteiger partial charge is 0.378 e. The Hall–Kier alpha value is -2.89. The Balaban J connectivity index is 1.88. The number of hydrogen-bond acceptors (Lipinski definition) is 3. The molecule has 3 rings (SSSR count). The second-order valence-electron chi connectivity index (χ2n) is 6.71. The van der Waals surface area contributed by atoms with Gasteiger partial charge in [-0.2, -0.15) is 0 Å². The number of hydrogen-bond donors (Lipinski definition) is 2. The lowest BCUT2D eigenvalue weighted by Gasteiger charge is -2.39. The van der Waals surface area contributed by atoms with Gasteiger partial charge in [0.15, 0.2) is 0 Å². The van der Waals surface area contributed by atoms with Crippen LogP contribution in [-0.2, 0) is 16.0 Å². The van der Waals surface area contributed by atoms with Crippen LogP contribution in [0.15, 0.2) is 42.5 Å². The molecule has 0 aromatic heterocycles. The van der Waals surface area contributed by atoms with Gasteiger partial charge in [-0.3, -0.25) is 9.59 Å². The topological polar surface area (TPSA) is 75.4 Å². The molecule has 1 aliphatic heterocycles. The van der Waals surface area contributed by atoms with Crippen LogP contribution in [-0.4, -0.2) is 17.9 Å². The van der Waals surface area contributed by atoms with E-state index in [1.165, 1.54) is 19.1 Å². The first-order chi connectivity index (χ1) is 12.3. The Labute approximate surface area is 152 Å². The lowest BCUT2D eigenvalue weighted by atomic mass is 9.91. The maximum atomic E-state index is 13.8. The maximum Gasteiger partial charge on any atom is 0.224 e. The molecule has 2 atom stereocenters. The molecule has 1 aliphatic rings. The standard InChI is InChI=1S/C20H22FN3O2/c1-12-9-18(23-16-6-3-14(4-7-16)10-20(22)26)17-11-15(21)5-8-19(17)24(12)13(2)25/h3-8,11-12,18,23H,9-10H2,1-2H3,(H2,22,26). The van der Waals surface area contributed by atoms with Crippen LogP contribution in [0.25, 0.3) is 0 Å². The van der Waals surface area contributed by atoms with E-state index in [0.29, 0.717) is 6.42 Å². The van der Waals surface area contributed by atoms with Gasteiger partial charge < -0.3 is 16.0 Å². The van der Waals surface area contributed by atoms with Crippen molar-refractivity contribution in [3.63, 3.8) is 0 Å². The zero-order valence-electron chi connectivity index (χ0n) is 14.8. The highest BCUT2D eigenvalue weighted by atomic mass is 19.1. The maximum absolute atomic E-state index is 13.8. The molecule has 136 valence electrons. The molecule has 3 N–H and O–H groups in total. The van der Waals surface area contributed by atoms with Gasteiger partial charge in [-0.1, -0.05) is 12.1 Å². The van der Waals surface area contributed by atoms with Gasteiger partial charge >= 0.3 is 0 Å². The first-order valence-electron chi connectivity index (χ1n) is 8.58. The van der Waals surface area contributed by atoms with Gasteiger partial charge in [0.2, 0.25) is 11.8 Å². The van der Waals surface area contributed by atoms with Crippen molar-refractivity contribution in [1.82, 2.24) is 0 Å². The second kappa shape index (κ2) is 7.15. The van der Waals surface area contributed by atoms with Crippen molar-refractivity contribution in [3.8, 4) is 0 Å². The van der Waals surface area contributed by atoms with Gasteiger partial charge in [0, 0.05) is 29.9 Å². The number of fused-ring (bicyclic) bond motifs is 1. The van der Waals surface area contributed by atoms with Crippen molar-refractivity contribution in [3.05, 3.63) is 59.4 Å². The number of benzene rings is 2. The third-order valence-electron chi connectivity index (χ3n) is 4.65. The number of halogens is 1. The summed E-state index contributed by atoms with van der Waals surface area (Å²) < 4.78 is 13.8. The first kappa shape index (κ1) is 17.9. The summed E-state index contributed by atoms with van der Waals surface area (Å²) in [5, 5.41) is 3.41. The molecule has 2 aromatic rings. The highest BCUT2D eigenvalue weighted by Gasteiger charge is 2.32. The normalized spacial score (nSPS) is 19.0. The summed E-state index contributed by atoms with van der Waals surface area (Å²) in [5.41, 5.74) is 8.41. The molecular weight excluding hydrogens is 333 g/mol. The minimum atomic E-state index is -0.374. The predicted molar refractivity (Wildman–Crippen MR) is 99.3 cm³/mol. The molecule has 0 radical (unpaired) electrons. The van der Waals surface area contributed by atoms with Gasteiger partial charge in [-0.05, 0) is 49.2 Å². The number of primary amides is 1. The van der Waals surface area contributed by atoms with E-state index in [1.807, 2.05) is 31.2 Å². The Kier molecular flexibility index (Phi) is 4.93. The van der Waals surface area contributed by atoms with Crippen LogP contribution in [0.1, 0.15) is 37.4 Å². The number of rotatable bonds is 4. The Morgan fingerprint density at radius 1 is 1.23 bits per heavy atom. The highest BCUT2D eigenvalue weighted by molar-refractivity contribution is 5.93. The van der Waals surface area contributed by atoms with Gasteiger partial charge in [0.25, 0.3) is 0 Å². The van der Waals surface area contributed by atoms with Crippen molar-refractivity contribution in [2.45, 2.75) is 38.8 Å². The first-order valence-corrected chi connectivity index (χ1v) is 8.58. The van der Waals surface area contributed by atoms with E-state index in [2.05, 4.69) is 5.32 Å². The van der Waals surface area contributed by atoms with E-state index in [0.717, 1.165) is 22.5 Å². The Bertz CT molecular complexity index is 835. The molecule has 0 bridgehead atoms. The molecular formula is C20H22FN3O2. The molecule has 6 heteroatoms. The van der Waals surface area contributed by atoms with Crippen LogP contribution in [0, 0.1) is 5.82 Å². The fourth-order valence-corrected chi connectivity index (χ4v) is 3.57. The zero-order chi connectivity index (χ0) is 18.8. The zero-order valence-corrected chi connectivity index (χ0v) is 14.8. The Morgan fingerprint density at radius 2 is 1.92 bits per heavy atom. The SMILES string of the molecule is CC(=O)N1c2ccc(F)cc2C(Nc2ccc(CC(N)=O)cc2)CC1C.